The zero-order valence-corrected chi connectivity index (χ0v) is 8.56. The van der Waals surface area contributed by atoms with Gasteiger partial charge in [-0.2, -0.15) is 0 Å². The fourth-order valence-electron chi connectivity index (χ4n) is 0.780. The third kappa shape index (κ3) is 9.30. The van der Waals surface area contributed by atoms with Crippen molar-refractivity contribution < 1.29 is 9.53 Å². The van der Waals surface area contributed by atoms with E-state index in [0.717, 1.165) is 19.6 Å². The van der Waals surface area contributed by atoms with Gasteiger partial charge in [0.25, 0.3) is 0 Å². The minimum atomic E-state index is -0.120. The van der Waals surface area contributed by atoms with Gasteiger partial charge in [0.1, 0.15) is 0 Å². The summed E-state index contributed by atoms with van der Waals surface area (Å²) in [5, 5.41) is 6.18. The largest absolute Gasteiger partial charge is 0.466 e. The molecule has 0 saturated heterocycles. The average Bonchev–Trinajstić information content (AvgIpc) is 2.14. The summed E-state index contributed by atoms with van der Waals surface area (Å²) in [5.74, 6) is -0.120. The van der Waals surface area contributed by atoms with Gasteiger partial charge in [-0.3, -0.25) is 4.79 Å². The van der Waals surface area contributed by atoms with Gasteiger partial charge >= 0.3 is 5.97 Å². The first-order valence-corrected chi connectivity index (χ1v) is 4.88. The molecule has 0 radical (unpaired) electrons. The average molecular weight is 188 g/mol. The van der Waals surface area contributed by atoms with Crippen LogP contribution in [-0.2, 0) is 9.53 Å². The normalized spacial score (nSPS) is 10.0. The van der Waals surface area contributed by atoms with Gasteiger partial charge < -0.3 is 15.4 Å². The molecule has 0 heterocycles. The van der Waals surface area contributed by atoms with Crippen molar-refractivity contribution in [1.82, 2.24) is 10.6 Å². The highest BCUT2D eigenvalue weighted by molar-refractivity contribution is 5.69. The van der Waals surface area contributed by atoms with E-state index in [9.17, 15) is 4.79 Å². The maximum Gasteiger partial charge on any atom is 0.307 e. The van der Waals surface area contributed by atoms with Gasteiger partial charge in [-0.1, -0.05) is 13.8 Å². The van der Waals surface area contributed by atoms with Gasteiger partial charge in [-0.25, -0.2) is 0 Å². The number of rotatable bonds is 8. The van der Waals surface area contributed by atoms with E-state index >= 15 is 0 Å². The van der Waals surface area contributed by atoms with E-state index in [-0.39, 0.29) is 5.97 Å². The molecule has 0 aromatic heterocycles. The number of ether oxygens (including phenoxy) is 1. The third-order valence-corrected chi connectivity index (χ3v) is 1.47. The van der Waals surface area contributed by atoms with Crippen LogP contribution in [0.5, 0.6) is 0 Å². The van der Waals surface area contributed by atoms with Crippen molar-refractivity contribution in [2.24, 2.45) is 0 Å². The molecule has 0 amide bonds. The van der Waals surface area contributed by atoms with E-state index in [4.69, 9.17) is 4.74 Å². The maximum absolute atomic E-state index is 11.0. The summed E-state index contributed by atoms with van der Waals surface area (Å²) < 4.78 is 4.90. The van der Waals surface area contributed by atoms with Crippen LogP contribution < -0.4 is 10.6 Å². The molecule has 0 aromatic rings. The van der Waals surface area contributed by atoms with Crippen LogP contribution in [0.2, 0.25) is 0 Å². The highest BCUT2D eigenvalue weighted by atomic mass is 16.5. The molecule has 0 bridgehead atoms. The van der Waals surface area contributed by atoms with Crippen LogP contribution in [0.25, 0.3) is 0 Å². The zero-order valence-electron chi connectivity index (χ0n) is 8.56. The van der Waals surface area contributed by atoms with Gasteiger partial charge in [-0.15, -0.1) is 0 Å². The van der Waals surface area contributed by atoms with Crippen LogP contribution in [0, 0.1) is 0 Å². The van der Waals surface area contributed by atoms with Crippen LogP contribution in [0.15, 0.2) is 0 Å². The molecular formula is C9H20N2O2. The van der Waals surface area contributed by atoms with E-state index < -0.39 is 0 Å². The lowest BCUT2D eigenvalue weighted by molar-refractivity contribution is -0.143. The lowest BCUT2D eigenvalue weighted by Crippen LogP contribution is -2.30. The van der Waals surface area contributed by atoms with Gasteiger partial charge in [0.05, 0.1) is 13.0 Å². The van der Waals surface area contributed by atoms with Crippen LogP contribution in [0.4, 0.5) is 0 Å². The van der Waals surface area contributed by atoms with Crippen molar-refractivity contribution >= 4 is 5.97 Å². The molecule has 4 nitrogen and oxygen atoms in total. The Bertz CT molecular complexity index is 129. The van der Waals surface area contributed by atoms with Crippen LogP contribution in [0.3, 0.4) is 0 Å². The first-order chi connectivity index (χ1) is 6.31. The molecule has 0 saturated carbocycles. The number of hydrogen-bond acceptors (Lipinski definition) is 4. The van der Waals surface area contributed by atoms with E-state index in [2.05, 4.69) is 10.6 Å². The van der Waals surface area contributed by atoms with Gasteiger partial charge in [0, 0.05) is 13.2 Å². The van der Waals surface area contributed by atoms with Gasteiger partial charge in [0.2, 0.25) is 0 Å². The molecule has 2 N–H and O–H groups in total. The van der Waals surface area contributed by atoms with E-state index in [1.807, 2.05) is 13.8 Å². The molecule has 0 aliphatic carbocycles. The topological polar surface area (TPSA) is 50.4 Å². The van der Waals surface area contributed by atoms with E-state index in [1.54, 1.807) is 0 Å². The van der Waals surface area contributed by atoms with Gasteiger partial charge in [0.15, 0.2) is 0 Å². The highest BCUT2D eigenvalue weighted by Gasteiger charge is 1.99. The Morgan fingerprint density at radius 3 is 2.69 bits per heavy atom. The molecular weight excluding hydrogens is 168 g/mol. The Hall–Kier alpha value is -0.610. The number of carbonyl (C=O) groups excluding carboxylic acids is 1. The Kier molecular flexibility index (Phi) is 9.03. The second kappa shape index (κ2) is 9.48. The molecule has 0 fully saturated rings. The zero-order chi connectivity index (χ0) is 9.94. The summed E-state index contributed by atoms with van der Waals surface area (Å²) in [6.07, 6.45) is 1.34. The number of esters is 1. The Balaban J connectivity index is 3.08. The van der Waals surface area contributed by atoms with E-state index in [0.29, 0.717) is 19.6 Å². The molecule has 0 aliphatic rings. The minimum Gasteiger partial charge on any atom is -0.466 e. The molecule has 0 unspecified atom stereocenters. The molecule has 13 heavy (non-hydrogen) atoms. The van der Waals surface area contributed by atoms with E-state index in [1.165, 1.54) is 0 Å². The monoisotopic (exact) mass is 188 g/mol. The maximum atomic E-state index is 11.0. The summed E-state index contributed by atoms with van der Waals surface area (Å²) in [5.41, 5.74) is 0. The third-order valence-electron chi connectivity index (χ3n) is 1.47. The first-order valence-electron chi connectivity index (χ1n) is 4.88. The van der Waals surface area contributed by atoms with Crippen molar-refractivity contribution in [1.29, 1.82) is 0 Å². The first kappa shape index (κ1) is 12.4. The smallest absolute Gasteiger partial charge is 0.307 e. The molecule has 4 heteroatoms. The molecule has 0 aromatic carbocycles. The van der Waals surface area contributed by atoms with Crippen molar-refractivity contribution in [3.05, 3.63) is 0 Å². The number of carbonyl (C=O) groups is 1. The minimum absolute atomic E-state index is 0.120. The van der Waals surface area contributed by atoms with Crippen molar-refractivity contribution in [2.45, 2.75) is 26.7 Å². The predicted molar refractivity (Wildman–Crippen MR) is 52.4 cm³/mol. The van der Waals surface area contributed by atoms with Gasteiger partial charge in [-0.05, 0) is 13.0 Å². The SMILES string of the molecule is CCCOC(=O)CCNCNCC. The van der Waals surface area contributed by atoms with Crippen molar-refractivity contribution in [3.63, 3.8) is 0 Å². The number of hydrogen-bond donors (Lipinski definition) is 2. The second-order valence-corrected chi connectivity index (χ2v) is 2.75. The molecule has 0 aliphatic heterocycles. The van der Waals surface area contributed by atoms with Crippen molar-refractivity contribution in [2.75, 3.05) is 26.4 Å². The Morgan fingerprint density at radius 1 is 1.31 bits per heavy atom. The summed E-state index contributed by atoms with van der Waals surface area (Å²) in [7, 11) is 0. The summed E-state index contributed by atoms with van der Waals surface area (Å²) in [4.78, 5) is 11.0. The Morgan fingerprint density at radius 2 is 2.08 bits per heavy atom. The molecule has 0 spiro atoms. The van der Waals surface area contributed by atoms with Crippen molar-refractivity contribution in [3.8, 4) is 0 Å². The molecule has 0 rings (SSSR count). The van der Waals surface area contributed by atoms with Crippen LogP contribution in [0.1, 0.15) is 26.7 Å². The number of nitrogens with one attached hydrogen (secondary N) is 2. The second-order valence-electron chi connectivity index (χ2n) is 2.75. The lowest BCUT2D eigenvalue weighted by atomic mass is 10.4. The lowest BCUT2D eigenvalue weighted by Gasteiger charge is -2.05. The standard InChI is InChI=1S/C9H20N2O2/c1-3-7-13-9(12)5-6-11-8-10-4-2/h10-11H,3-8H2,1-2H3. The van der Waals surface area contributed by atoms with Crippen LogP contribution >= 0.6 is 0 Å². The molecule has 0 atom stereocenters. The fraction of sp³-hybridized carbons (Fsp3) is 0.889. The van der Waals surface area contributed by atoms with Crippen LogP contribution in [-0.4, -0.2) is 32.3 Å². The Labute approximate surface area is 80.0 Å². The fourth-order valence-corrected chi connectivity index (χ4v) is 0.780. The summed E-state index contributed by atoms with van der Waals surface area (Å²) >= 11 is 0. The quantitative estimate of drug-likeness (QED) is 0.330. The predicted octanol–water partition coefficient (Wildman–Crippen LogP) is 0.486. The molecule has 78 valence electrons. The summed E-state index contributed by atoms with van der Waals surface area (Å²) in [6.45, 7) is 6.92. The summed E-state index contributed by atoms with van der Waals surface area (Å²) in [6, 6.07) is 0. The highest BCUT2D eigenvalue weighted by Crippen LogP contribution is 1.86.